The summed E-state index contributed by atoms with van der Waals surface area (Å²) in [5.74, 6) is 0.985. The molecule has 5 nitrogen and oxygen atoms in total. The summed E-state index contributed by atoms with van der Waals surface area (Å²) in [5, 5.41) is 0. The van der Waals surface area contributed by atoms with Crippen LogP contribution >= 0.6 is 0 Å². The molecule has 6 heteroatoms. The molecule has 17 heavy (non-hydrogen) atoms. The number of hydrogen-bond acceptors (Lipinski definition) is 4. The number of sulfonamides is 1. The summed E-state index contributed by atoms with van der Waals surface area (Å²) in [6.07, 6.45) is 1.46. The lowest BCUT2D eigenvalue weighted by molar-refractivity contribution is 0.193. The highest BCUT2D eigenvalue weighted by molar-refractivity contribution is 7.89. The van der Waals surface area contributed by atoms with Gasteiger partial charge in [0.15, 0.2) is 0 Å². The second kappa shape index (κ2) is 6.68. The Labute approximate surface area is 104 Å². The molecule has 2 unspecified atom stereocenters. The average Bonchev–Trinajstić information content (AvgIpc) is 2.29. The van der Waals surface area contributed by atoms with Gasteiger partial charge in [-0.3, -0.25) is 0 Å². The molecule has 0 spiro atoms. The van der Waals surface area contributed by atoms with Crippen LogP contribution in [0.4, 0.5) is 0 Å². The first-order valence-corrected chi connectivity index (χ1v) is 7.79. The molecule has 1 fully saturated rings. The molecule has 0 aliphatic carbocycles. The molecule has 1 aliphatic rings. The van der Waals surface area contributed by atoms with E-state index in [1.807, 2.05) is 0 Å². The number of nitrogens with two attached hydrogens (primary N) is 1. The Morgan fingerprint density at radius 2 is 2.18 bits per heavy atom. The van der Waals surface area contributed by atoms with Crippen molar-refractivity contribution in [3.63, 3.8) is 0 Å². The fourth-order valence-corrected chi connectivity index (χ4v) is 3.73. The molecule has 0 amide bonds. The van der Waals surface area contributed by atoms with E-state index in [9.17, 15) is 8.42 Å². The number of methoxy groups -OCH3 is 1. The molecule has 1 aliphatic heterocycles. The fourth-order valence-electron chi connectivity index (χ4n) is 2.19. The van der Waals surface area contributed by atoms with Gasteiger partial charge in [-0.05, 0) is 31.2 Å². The molecule has 1 heterocycles. The van der Waals surface area contributed by atoms with E-state index < -0.39 is 10.0 Å². The Morgan fingerprint density at radius 3 is 2.76 bits per heavy atom. The third kappa shape index (κ3) is 4.21. The average molecular weight is 264 g/mol. The summed E-state index contributed by atoms with van der Waals surface area (Å²) in [6.45, 7) is 4.40. The van der Waals surface area contributed by atoms with Crippen molar-refractivity contribution >= 4 is 10.0 Å². The van der Waals surface area contributed by atoms with Crippen molar-refractivity contribution in [3.05, 3.63) is 0 Å². The predicted molar refractivity (Wildman–Crippen MR) is 68.2 cm³/mol. The second-order valence-corrected chi connectivity index (χ2v) is 6.87. The molecular formula is C11H24N2O3S. The Bertz CT molecular complexity index is 319. The van der Waals surface area contributed by atoms with Gasteiger partial charge >= 0.3 is 0 Å². The minimum atomic E-state index is -3.12. The summed E-state index contributed by atoms with van der Waals surface area (Å²) < 4.78 is 30.6. The van der Waals surface area contributed by atoms with Crippen LogP contribution in [-0.4, -0.2) is 51.8 Å². The second-order valence-electron chi connectivity index (χ2n) is 4.78. The number of rotatable bonds is 6. The summed E-state index contributed by atoms with van der Waals surface area (Å²) in [6, 6.07) is 0. The molecule has 1 rings (SSSR count). The lowest BCUT2D eigenvalue weighted by Gasteiger charge is -2.35. The fraction of sp³-hybridized carbons (Fsp3) is 1.00. The molecule has 2 atom stereocenters. The number of piperidine rings is 1. The van der Waals surface area contributed by atoms with Crippen LogP contribution in [0.15, 0.2) is 0 Å². The topological polar surface area (TPSA) is 72.6 Å². The van der Waals surface area contributed by atoms with Crippen LogP contribution in [0.3, 0.4) is 0 Å². The van der Waals surface area contributed by atoms with Gasteiger partial charge in [0.05, 0.1) is 5.75 Å². The van der Waals surface area contributed by atoms with E-state index in [1.165, 1.54) is 0 Å². The van der Waals surface area contributed by atoms with Gasteiger partial charge < -0.3 is 10.5 Å². The maximum atomic E-state index is 12.1. The van der Waals surface area contributed by atoms with Gasteiger partial charge in [-0.25, -0.2) is 12.7 Å². The first-order valence-electron chi connectivity index (χ1n) is 6.18. The Kier molecular flexibility index (Phi) is 5.85. The molecule has 0 radical (unpaired) electrons. The van der Waals surface area contributed by atoms with E-state index in [0.29, 0.717) is 44.5 Å². The lowest BCUT2D eigenvalue weighted by Crippen LogP contribution is -2.46. The molecule has 0 aromatic carbocycles. The van der Waals surface area contributed by atoms with Crippen molar-refractivity contribution in [1.82, 2.24) is 4.31 Å². The van der Waals surface area contributed by atoms with Crippen LogP contribution < -0.4 is 5.73 Å². The molecule has 2 N–H and O–H groups in total. The zero-order valence-corrected chi connectivity index (χ0v) is 11.6. The monoisotopic (exact) mass is 264 g/mol. The van der Waals surface area contributed by atoms with Crippen molar-refractivity contribution in [1.29, 1.82) is 0 Å². The van der Waals surface area contributed by atoms with Gasteiger partial charge in [-0.2, -0.15) is 0 Å². The first-order chi connectivity index (χ1) is 8.01. The van der Waals surface area contributed by atoms with Crippen molar-refractivity contribution in [2.75, 3.05) is 39.1 Å². The quantitative estimate of drug-likeness (QED) is 0.699. The summed E-state index contributed by atoms with van der Waals surface area (Å²) >= 11 is 0. The van der Waals surface area contributed by atoms with Crippen LogP contribution in [0.2, 0.25) is 0 Å². The van der Waals surface area contributed by atoms with Gasteiger partial charge in [0, 0.05) is 26.8 Å². The highest BCUT2D eigenvalue weighted by Crippen LogP contribution is 2.24. The van der Waals surface area contributed by atoms with Gasteiger partial charge in [0.1, 0.15) is 0 Å². The van der Waals surface area contributed by atoms with Crippen LogP contribution in [-0.2, 0) is 14.8 Å². The third-order valence-electron chi connectivity index (χ3n) is 3.52. The molecule has 0 saturated carbocycles. The van der Waals surface area contributed by atoms with Crippen molar-refractivity contribution in [3.8, 4) is 0 Å². The standard InChI is InChI=1S/C11H24N2O3S/c1-10-4-5-13(9-11(10)8-12)17(14,15)7-3-6-16-2/h10-11H,3-9,12H2,1-2H3. The zero-order chi connectivity index (χ0) is 12.9. The molecule has 0 aromatic rings. The molecule has 0 bridgehead atoms. The Hall–Kier alpha value is -0.170. The Morgan fingerprint density at radius 1 is 1.47 bits per heavy atom. The minimum Gasteiger partial charge on any atom is -0.385 e. The van der Waals surface area contributed by atoms with Crippen molar-refractivity contribution < 1.29 is 13.2 Å². The molecule has 0 aromatic heterocycles. The highest BCUT2D eigenvalue weighted by atomic mass is 32.2. The van der Waals surface area contributed by atoms with Gasteiger partial charge in [0.25, 0.3) is 0 Å². The molecule has 102 valence electrons. The van der Waals surface area contributed by atoms with Crippen molar-refractivity contribution in [2.45, 2.75) is 19.8 Å². The van der Waals surface area contributed by atoms with Crippen molar-refractivity contribution in [2.24, 2.45) is 17.6 Å². The number of hydrogen-bond donors (Lipinski definition) is 1. The highest BCUT2D eigenvalue weighted by Gasteiger charge is 2.31. The summed E-state index contributed by atoms with van der Waals surface area (Å²) in [5.41, 5.74) is 5.68. The Balaban J connectivity index is 2.54. The van der Waals surface area contributed by atoms with Crippen LogP contribution in [0.25, 0.3) is 0 Å². The maximum Gasteiger partial charge on any atom is 0.214 e. The van der Waals surface area contributed by atoms with E-state index in [2.05, 4.69) is 6.92 Å². The molecule has 1 saturated heterocycles. The van der Waals surface area contributed by atoms with E-state index in [0.717, 1.165) is 6.42 Å². The summed E-state index contributed by atoms with van der Waals surface area (Å²) in [4.78, 5) is 0. The number of ether oxygens (including phenoxy) is 1. The van der Waals surface area contributed by atoms with Crippen LogP contribution in [0.1, 0.15) is 19.8 Å². The van der Waals surface area contributed by atoms with Gasteiger partial charge in [0.2, 0.25) is 10.0 Å². The zero-order valence-electron chi connectivity index (χ0n) is 10.8. The largest absolute Gasteiger partial charge is 0.385 e. The van der Waals surface area contributed by atoms with E-state index in [1.54, 1.807) is 11.4 Å². The SMILES string of the molecule is COCCCS(=O)(=O)N1CCC(C)C(CN)C1. The summed E-state index contributed by atoms with van der Waals surface area (Å²) in [7, 11) is -1.54. The number of nitrogens with zero attached hydrogens (tertiary/aromatic N) is 1. The molecular weight excluding hydrogens is 240 g/mol. The normalized spacial score (nSPS) is 27.2. The maximum absolute atomic E-state index is 12.1. The lowest BCUT2D eigenvalue weighted by atomic mass is 9.88. The van der Waals surface area contributed by atoms with E-state index in [-0.39, 0.29) is 5.75 Å². The minimum absolute atomic E-state index is 0.173. The smallest absolute Gasteiger partial charge is 0.214 e. The van der Waals surface area contributed by atoms with Crippen LogP contribution in [0.5, 0.6) is 0 Å². The van der Waals surface area contributed by atoms with Gasteiger partial charge in [-0.1, -0.05) is 6.92 Å². The van der Waals surface area contributed by atoms with Gasteiger partial charge in [-0.15, -0.1) is 0 Å². The third-order valence-corrected chi connectivity index (χ3v) is 5.45. The van der Waals surface area contributed by atoms with E-state index >= 15 is 0 Å². The van der Waals surface area contributed by atoms with Crippen LogP contribution in [0, 0.1) is 11.8 Å². The van der Waals surface area contributed by atoms with E-state index in [4.69, 9.17) is 10.5 Å². The predicted octanol–water partition coefficient (Wildman–Crippen LogP) is 0.269. The first kappa shape index (κ1) is 14.9.